The number of nitrogens with one attached hydrogen (secondary N) is 2. The van der Waals surface area contributed by atoms with Crippen LogP contribution in [0.3, 0.4) is 0 Å². The zero-order valence-corrected chi connectivity index (χ0v) is 16.1. The molecular weight excluding hydrogens is 392 g/mol. The van der Waals surface area contributed by atoms with Crippen LogP contribution in [0.15, 0.2) is 48.5 Å². The molecule has 0 radical (unpaired) electrons. The first kappa shape index (κ1) is 19.9. The van der Waals surface area contributed by atoms with Gasteiger partial charge in [0, 0.05) is 29.8 Å². The molecule has 8 heteroatoms. The molecule has 1 aliphatic rings. The van der Waals surface area contributed by atoms with Gasteiger partial charge in [0.1, 0.15) is 28.8 Å². The minimum Gasteiger partial charge on any atom is -0.507 e. The van der Waals surface area contributed by atoms with Crippen LogP contribution in [-0.2, 0) is 0 Å². The van der Waals surface area contributed by atoms with Gasteiger partial charge in [-0.3, -0.25) is 9.89 Å². The molecule has 3 aromatic rings. The zero-order chi connectivity index (χ0) is 21.1. The normalized spacial score (nSPS) is 18.7. The van der Waals surface area contributed by atoms with Gasteiger partial charge in [-0.1, -0.05) is 12.1 Å². The number of aromatic nitrogens is 2. The molecular formula is C22H21F2N3O3. The van der Waals surface area contributed by atoms with Gasteiger partial charge in [-0.05, 0) is 43.9 Å². The summed E-state index contributed by atoms with van der Waals surface area (Å²) >= 11 is 0. The lowest BCUT2D eigenvalue weighted by atomic mass is 9.93. The van der Waals surface area contributed by atoms with Crippen LogP contribution in [0.4, 0.5) is 8.78 Å². The topological polar surface area (TPSA) is 87.2 Å². The van der Waals surface area contributed by atoms with Crippen LogP contribution in [0.25, 0.3) is 11.3 Å². The molecule has 4 rings (SSSR count). The number of aromatic hydroxyl groups is 1. The van der Waals surface area contributed by atoms with Crippen molar-refractivity contribution in [3.05, 3.63) is 65.9 Å². The summed E-state index contributed by atoms with van der Waals surface area (Å²) in [6.07, 6.45) is 2.55. The highest BCUT2D eigenvalue weighted by Gasteiger charge is 2.25. The molecule has 30 heavy (non-hydrogen) atoms. The number of hydrogen-bond donors (Lipinski definition) is 3. The number of amides is 1. The van der Waals surface area contributed by atoms with E-state index in [1.54, 1.807) is 30.3 Å². The first-order chi connectivity index (χ1) is 14.5. The second-order valence-corrected chi connectivity index (χ2v) is 7.35. The van der Waals surface area contributed by atoms with Crippen molar-refractivity contribution in [2.75, 3.05) is 0 Å². The van der Waals surface area contributed by atoms with E-state index in [0.29, 0.717) is 42.6 Å². The third-order valence-electron chi connectivity index (χ3n) is 5.15. The number of aromatic amines is 1. The van der Waals surface area contributed by atoms with Gasteiger partial charge < -0.3 is 15.2 Å². The predicted octanol–water partition coefficient (Wildman–Crippen LogP) is 4.18. The van der Waals surface area contributed by atoms with Crippen molar-refractivity contribution < 1.29 is 23.4 Å². The van der Waals surface area contributed by atoms with E-state index in [2.05, 4.69) is 15.5 Å². The third kappa shape index (κ3) is 4.59. The van der Waals surface area contributed by atoms with E-state index in [9.17, 15) is 18.7 Å². The summed E-state index contributed by atoms with van der Waals surface area (Å²) < 4.78 is 32.3. The highest BCUT2D eigenvalue weighted by Crippen LogP contribution is 2.28. The summed E-state index contributed by atoms with van der Waals surface area (Å²) in [4.78, 5) is 12.5. The second-order valence-electron chi connectivity index (χ2n) is 7.35. The lowest BCUT2D eigenvalue weighted by molar-refractivity contribution is 0.0888. The summed E-state index contributed by atoms with van der Waals surface area (Å²) in [6.45, 7) is 0. The van der Waals surface area contributed by atoms with Crippen molar-refractivity contribution in [1.29, 1.82) is 0 Å². The Balaban J connectivity index is 1.31. The number of phenols is 1. The maximum Gasteiger partial charge on any atom is 0.269 e. The maximum atomic E-state index is 13.3. The van der Waals surface area contributed by atoms with Crippen LogP contribution in [0.5, 0.6) is 11.5 Å². The quantitative estimate of drug-likeness (QED) is 0.586. The summed E-state index contributed by atoms with van der Waals surface area (Å²) in [5, 5.41) is 19.7. The van der Waals surface area contributed by atoms with Gasteiger partial charge in [0.15, 0.2) is 0 Å². The van der Waals surface area contributed by atoms with Crippen molar-refractivity contribution in [3.63, 3.8) is 0 Å². The number of carbonyl (C=O) groups is 1. The third-order valence-corrected chi connectivity index (χ3v) is 5.15. The first-order valence-corrected chi connectivity index (χ1v) is 9.75. The van der Waals surface area contributed by atoms with Crippen LogP contribution in [-0.4, -0.2) is 33.4 Å². The smallest absolute Gasteiger partial charge is 0.269 e. The molecule has 1 aromatic heterocycles. The van der Waals surface area contributed by atoms with Crippen LogP contribution in [0.2, 0.25) is 0 Å². The van der Waals surface area contributed by atoms with E-state index in [-0.39, 0.29) is 29.6 Å². The number of halogens is 2. The molecule has 1 aliphatic carbocycles. The standard InChI is InChI=1S/C22H21F2N3O3/c23-13-9-14(24)11-17(10-13)30-16-7-5-15(6-8-16)25-22(29)20-12-19(26-27-20)18-3-1-2-4-21(18)28/h1-4,9-12,15-16,28H,5-8H2,(H,25,29)(H,26,27). The van der Waals surface area contributed by atoms with Crippen LogP contribution >= 0.6 is 0 Å². The molecule has 0 unspecified atom stereocenters. The van der Waals surface area contributed by atoms with Gasteiger partial charge in [-0.15, -0.1) is 0 Å². The van der Waals surface area contributed by atoms with Crippen molar-refractivity contribution in [2.24, 2.45) is 0 Å². The summed E-state index contributed by atoms with van der Waals surface area (Å²) in [6, 6.07) is 11.5. The molecule has 0 atom stereocenters. The number of hydrogen-bond acceptors (Lipinski definition) is 4. The van der Waals surface area contributed by atoms with Gasteiger partial charge in [0.2, 0.25) is 0 Å². The fourth-order valence-corrected chi connectivity index (χ4v) is 3.64. The van der Waals surface area contributed by atoms with E-state index >= 15 is 0 Å². The Morgan fingerprint density at radius 2 is 1.77 bits per heavy atom. The van der Waals surface area contributed by atoms with E-state index < -0.39 is 11.6 Å². The van der Waals surface area contributed by atoms with Crippen LogP contribution in [0.1, 0.15) is 36.2 Å². The number of rotatable bonds is 5. The molecule has 1 fully saturated rings. The molecule has 156 valence electrons. The van der Waals surface area contributed by atoms with E-state index in [1.807, 2.05) is 0 Å². The Hall–Kier alpha value is -3.42. The first-order valence-electron chi connectivity index (χ1n) is 9.75. The molecule has 0 aliphatic heterocycles. The number of benzene rings is 2. The van der Waals surface area contributed by atoms with Crippen molar-refractivity contribution in [2.45, 2.75) is 37.8 Å². The number of carbonyl (C=O) groups excluding carboxylic acids is 1. The van der Waals surface area contributed by atoms with Gasteiger partial charge in [0.25, 0.3) is 5.91 Å². The molecule has 2 aromatic carbocycles. The van der Waals surface area contributed by atoms with E-state index in [1.165, 1.54) is 0 Å². The Kier molecular flexibility index (Phi) is 5.65. The monoisotopic (exact) mass is 413 g/mol. The second kappa shape index (κ2) is 8.52. The van der Waals surface area contributed by atoms with Crippen LogP contribution in [0, 0.1) is 11.6 Å². The van der Waals surface area contributed by atoms with E-state index in [4.69, 9.17) is 4.74 Å². The predicted molar refractivity (Wildman–Crippen MR) is 106 cm³/mol. The number of para-hydroxylation sites is 1. The van der Waals surface area contributed by atoms with Crippen molar-refractivity contribution >= 4 is 5.91 Å². The Labute approximate surface area is 171 Å². The number of phenolic OH excluding ortho intramolecular Hbond substituents is 1. The zero-order valence-electron chi connectivity index (χ0n) is 16.1. The average Bonchev–Trinajstić information content (AvgIpc) is 3.19. The molecule has 1 saturated carbocycles. The maximum absolute atomic E-state index is 13.3. The number of nitrogens with zero attached hydrogens (tertiary/aromatic N) is 1. The van der Waals surface area contributed by atoms with Gasteiger partial charge in [-0.2, -0.15) is 5.10 Å². The molecule has 1 amide bonds. The lowest BCUT2D eigenvalue weighted by Crippen LogP contribution is -2.39. The van der Waals surface area contributed by atoms with Gasteiger partial charge in [-0.25, -0.2) is 8.78 Å². The van der Waals surface area contributed by atoms with Gasteiger partial charge in [0.05, 0.1) is 11.8 Å². The number of H-pyrrole nitrogens is 1. The van der Waals surface area contributed by atoms with Crippen molar-refractivity contribution in [1.82, 2.24) is 15.5 Å². The summed E-state index contributed by atoms with van der Waals surface area (Å²) in [5.41, 5.74) is 1.33. The van der Waals surface area contributed by atoms with E-state index in [0.717, 1.165) is 18.2 Å². The molecule has 6 nitrogen and oxygen atoms in total. The van der Waals surface area contributed by atoms with Crippen molar-refractivity contribution in [3.8, 4) is 22.8 Å². The molecule has 3 N–H and O–H groups in total. The van der Waals surface area contributed by atoms with Gasteiger partial charge >= 0.3 is 0 Å². The largest absolute Gasteiger partial charge is 0.507 e. The summed E-state index contributed by atoms with van der Waals surface area (Å²) in [7, 11) is 0. The highest BCUT2D eigenvalue weighted by molar-refractivity contribution is 5.93. The highest BCUT2D eigenvalue weighted by atomic mass is 19.1. The number of ether oxygens (including phenoxy) is 1. The molecule has 1 heterocycles. The Morgan fingerprint density at radius 1 is 1.07 bits per heavy atom. The van der Waals surface area contributed by atoms with Crippen LogP contribution < -0.4 is 10.1 Å². The molecule has 0 bridgehead atoms. The molecule has 0 saturated heterocycles. The molecule has 0 spiro atoms. The SMILES string of the molecule is O=C(NC1CCC(Oc2cc(F)cc(F)c2)CC1)c1cc(-c2ccccc2O)n[nH]1. The Bertz CT molecular complexity index is 1030. The fraction of sp³-hybridized carbons (Fsp3) is 0.273. The Morgan fingerprint density at radius 3 is 2.47 bits per heavy atom. The lowest BCUT2D eigenvalue weighted by Gasteiger charge is -2.29. The minimum absolute atomic E-state index is 0.0292. The summed E-state index contributed by atoms with van der Waals surface area (Å²) in [5.74, 6) is -1.36. The average molecular weight is 413 g/mol. The fourth-order valence-electron chi connectivity index (χ4n) is 3.64. The minimum atomic E-state index is -0.673.